The van der Waals surface area contributed by atoms with Crippen LogP contribution in [0.3, 0.4) is 0 Å². The van der Waals surface area contributed by atoms with Crippen LogP contribution < -0.4 is 0 Å². The Morgan fingerprint density at radius 1 is 0.500 bits per heavy atom. The molecule has 0 saturated carbocycles. The van der Waals surface area contributed by atoms with Crippen molar-refractivity contribution in [2.24, 2.45) is 10.8 Å². The summed E-state index contributed by atoms with van der Waals surface area (Å²) in [7, 11) is 0. The van der Waals surface area contributed by atoms with Gasteiger partial charge in [0.25, 0.3) is 0 Å². The van der Waals surface area contributed by atoms with Crippen molar-refractivity contribution in [2.45, 2.75) is 173 Å². The summed E-state index contributed by atoms with van der Waals surface area (Å²) in [6, 6.07) is 24.6. The zero-order chi connectivity index (χ0) is 45.0. The van der Waals surface area contributed by atoms with Gasteiger partial charge in [0.1, 0.15) is 17.0 Å². The number of halogens is 1. The molecule has 0 N–H and O–H groups in total. The molecule has 0 radical (unpaired) electrons. The van der Waals surface area contributed by atoms with Crippen molar-refractivity contribution in [1.29, 1.82) is 0 Å². The molecule has 1 unspecified atom stereocenters. The van der Waals surface area contributed by atoms with E-state index in [0.29, 0.717) is 34.3 Å². The molecule has 0 aliphatic heterocycles. The van der Waals surface area contributed by atoms with Crippen LogP contribution in [0.5, 0.6) is 0 Å². The molecular formula is C50H75ClO7. The lowest BCUT2D eigenvalue weighted by atomic mass is 9.79. The lowest BCUT2D eigenvalue weighted by Gasteiger charge is -2.36. The van der Waals surface area contributed by atoms with Crippen molar-refractivity contribution in [2.75, 3.05) is 0 Å². The average Bonchev–Trinajstić information content (AvgIpc) is 3.12. The first-order valence-electron chi connectivity index (χ1n) is 20.6. The number of carbonyl (C=O) groups excluding carboxylic acids is 4. The van der Waals surface area contributed by atoms with Gasteiger partial charge in [-0.2, -0.15) is 0 Å². The molecule has 0 saturated heterocycles. The molecule has 0 spiro atoms. The number of ether oxygens (including phenoxy) is 3. The van der Waals surface area contributed by atoms with Gasteiger partial charge in [-0.1, -0.05) is 165 Å². The molecule has 0 aromatic heterocycles. The van der Waals surface area contributed by atoms with Crippen LogP contribution >= 0.6 is 11.6 Å². The fourth-order valence-corrected chi connectivity index (χ4v) is 4.76. The van der Waals surface area contributed by atoms with Crippen LogP contribution in [0.15, 0.2) is 78.9 Å². The maximum Gasteiger partial charge on any atom is 0.307 e. The quantitative estimate of drug-likeness (QED) is 0.108. The Morgan fingerprint density at radius 2 is 0.862 bits per heavy atom. The highest BCUT2D eigenvalue weighted by Gasteiger charge is 2.42. The first kappa shape index (κ1) is 54.0. The molecule has 0 aliphatic carbocycles. The van der Waals surface area contributed by atoms with Gasteiger partial charge in [0.2, 0.25) is 0 Å². The molecule has 0 bridgehead atoms. The highest BCUT2D eigenvalue weighted by Crippen LogP contribution is 2.44. The van der Waals surface area contributed by atoms with E-state index in [1.807, 2.05) is 100 Å². The Morgan fingerprint density at radius 3 is 1.24 bits per heavy atom. The highest BCUT2D eigenvalue weighted by molar-refractivity contribution is 6.31. The summed E-state index contributed by atoms with van der Waals surface area (Å²) in [5, 5.41) is 0.474. The number of esters is 3. The molecular weight excluding hydrogens is 748 g/mol. The Kier molecular flexibility index (Phi) is 23.1. The van der Waals surface area contributed by atoms with E-state index >= 15 is 0 Å². The standard InChI is InChI=1S/C28H29ClO4.C10H18O3.2C6H14/c1-20-14-16-22(17-15-20)28(21-10-6-5-7-11-21,23-12-8-9-13-24(23)29)33-26(31)19-18-25(30)32-27(2,3)4;1-5-8(11)6-7-9(12)13-10(2,3)4;2*1-5-6(2,3)4/h5-17H,18-19H2,1-4H3;5-7H2,1-4H3;2*5H2,1-4H3. The van der Waals surface area contributed by atoms with Crippen LogP contribution in [0.1, 0.15) is 171 Å². The largest absolute Gasteiger partial charge is 0.460 e. The Bertz CT molecular complexity index is 1650. The normalized spacial score (nSPS) is 12.4. The van der Waals surface area contributed by atoms with Gasteiger partial charge in [0, 0.05) is 34.6 Å². The van der Waals surface area contributed by atoms with Crippen molar-refractivity contribution in [3.05, 3.63) is 106 Å². The summed E-state index contributed by atoms with van der Waals surface area (Å²) >= 11 is 6.66. The Hall–Kier alpha value is -3.97. The molecule has 1 atom stereocenters. The summed E-state index contributed by atoms with van der Waals surface area (Å²) in [5.74, 6) is -1.16. The molecule has 3 aromatic carbocycles. The van der Waals surface area contributed by atoms with Crippen LogP contribution in [-0.4, -0.2) is 34.9 Å². The fraction of sp³-hybridized carbons (Fsp3) is 0.560. The van der Waals surface area contributed by atoms with Crippen molar-refractivity contribution in [1.82, 2.24) is 0 Å². The van der Waals surface area contributed by atoms with Gasteiger partial charge in [-0.15, -0.1) is 0 Å². The van der Waals surface area contributed by atoms with Crippen molar-refractivity contribution in [3.8, 4) is 0 Å². The maximum absolute atomic E-state index is 13.2. The lowest BCUT2D eigenvalue weighted by Crippen LogP contribution is -2.36. The molecule has 0 fully saturated rings. The second-order valence-electron chi connectivity index (χ2n) is 18.8. The molecule has 0 amide bonds. The predicted octanol–water partition coefficient (Wildman–Crippen LogP) is 13.6. The van der Waals surface area contributed by atoms with E-state index in [1.165, 1.54) is 12.8 Å². The van der Waals surface area contributed by atoms with Crippen molar-refractivity contribution >= 4 is 35.3 Å². The van der Waals surface area contributed by atoms with Crippen molar-refractivity contribution in [3.63, 3.8) is 0 Å². The van der Waals surface area contributed by atoms with Crippen LogP contribution in [0, 0.1) is 17.8 Å². The van der Waals surface area contributed by atoms with Gasteiger partial charge in [-0.25, -0.2) is 0 Å². The number of ketones is 1. The molecule has 58 heavy (non-hydrogen) atoms. The molecule has 8 heteroatoms. The topological polar surface area (TPSA) is 96.0 Å². The smallest absolute Gasteiger partial charge is 0.307 e. The number of rotatable bonds is 11. The molecule has 3 aromatic rings. The van der Waals surface area contributed by atoms with Gasteiger partial charge in [-0.05, 0) is 65.4 Å². The van der Waals surface area contributed by atoms with Crippen LogP contribution in [0.2, 0.25) is 5.02 Å². The van der Waals surface area contributed by atoms with E-state index in [0.717, 1.165) is 16.7 Å². The van der Waals surface area contributed by atoms with E-state index < -0.39 is 28.7 Å². The zero-order valence-electron chi connectivity index (χ0n) is 38.7. The van der Waals surface area contributed by atoms with Gasteiger partial charge >= 0.3 is 17.9 Å². The second kappa shape index (κ2) is 24.8. The predicted molar refractivity (Wildman–Crippen MR) is 240 cm³/mol. The van der Waals surface area contributed by atoms with E-state index in [2.05, 4.69) is 55.4 Å². The maximum atomic E-state index is 13.2. The van der Waals surface area contributed by atoms with Crippen LogP contribution in [0.4, 0.5) is 0 Å². The third kappa shape index (κ3) is 23.4. The minimum atomic E-state index is -1.28. The highest BCUT2D eigenvalue weighted by atomic mass is 35.5. The summed E-state index contributed by atoms with van der Waals surface area (Å²) in [4.78, 5) is 47.3. The Labute approximate surface area is 357 Å². The minimum Gasteiger partial charge on any atom is -0.460 e. The van der Waals surface area contributed by atoms with Gasteiger partial charge in [-0.3, -0.25) is 19.2 Å². The summed E-state index contributed by atoms with van der Waals surface area (Å²) in [6.07, 6.45) is 3.34. The van der Waals surface area contributed by atoms with E-state index in [9.17, 15) is 19.2 Å². The molecule has 0 heterocycles. The third-order valence-electron chi connectivity index (χ3n) is 8.66. The number of aryl methyl sites for hydroxylation is 1. The van der Waals surface area contributed by atoms with Gasteiger partial charge in [0.15, 0.2) is 5.60 Å². The summed E-state index contributed by atoms with van der Waals surface area (Å²) in [6.45, 7) is 32.5. The minimum absolute atomic E-state index is 0.0720. The lowest BCUT2D eigenvalue weighted by molar-refractivity contribution is -0.161. The number of hydrogen-bond acceptors (Lipinski definition) is 7. The summed E-state index contributed by atoms with van der Waals surface area (Å²) < 4.78 is 16.6. The second-order valence-corrected chi connectivity index (χ2v) is 19.2. The van der Waals surface area contributed by atoms with Gasteiger partial charge in [0.05, 0.1) is 19.3 Å². The Balaban J connectivity index is 0.00000106. The number of Topliss-reactive ketones (excluding diaryl/α,β-unsaturated/α-hetero) is 1. The molecule has 7 nitrogen and oxygen atoms in total. The van der Waals surface area contributed by atoms with Crippen LogP contribution in [-0.2, 0) is 39.0 Å². The molecule has 3 rings (SSSR count). The SMILES string of the molecule is CCC(=O)CCC(=O)OC(C)(C)C.CCC(C)(C)C.CCC(C)(C)C.Cc1ccc(C(OC(=O)CCC(=O)OC(C)(C)C)(c2ccccc2)c2ccccc2Cl)cc1. The third-order valence-corrected chi connectivity index (χ3v) is 8.98. The number of carbonyl (C=O) groups is 4. The van der Waals surface area contributed by atoms with Crippen LogP contribution in [0.25, 0.3) is 0 Å². The van der Waals surface area contributed by atoms with E-state index in [1.54, 1.807) is 33.8 Å². The average molecular weight is 824 g/mol. The monoisotopic (exact) mass is 823 g/mol. The van der Waals surface area contributed by atoms with E-state index in [-0.39, 0.29) is 31.0 Å². The first-order valence-corrected chi connectivity index (χ1v) is 21.0. The fourth-order valence-electron chi connectivity index (χ4n) is 4.49. The van der Waals surface area contributed by atoms with Crippen molar-refractivity contribution < 1.29 is 33.4 Å². The number of hydrogen-bond donors (Lipinski definition) is 0. The van der Waals surface area contributed by atoms with E-state index in [4.69, 9.17) is 25.8 Å². The zero-order valence-corrected chi connectivity index (χ0v) is 39.4. The van der Waals surface area contributed by atoms with Gasteiger partial charge < -0.3 is 14.2 Å². The number of benzene rings is 3. The molecule has 324 valence electrons. The first-order chi connectivity index (χ1) is 26.6. The summed E-state index contributed by atoms with van der Waals surface area (Å²) in [5.41, 5.74) is 1.98. The molecule has 0 aliphatic rings.